The summed E-state index contributed by atoms with van der Waals surface area (Å²) in [5.74, 6) is -0.163. The van der Waals surface area contributed by atoms with Crippen LogP contribution in [0, 0.1) is 5.82 Å². The molecule has 0 saturated heterocycles. The third-order valence-electron chi connectivity index (χ3n) is 3.35. The van der Waals surface area contributed by atoms with Crippen molar-refractivity contribution < 1.29 is 13.9 Å². The van der Waals surface area contributed by atoms with E-state index in [2.05, 4.69) is 5.32 Å². The smallest absolute Gasteiger partial charge is 0.254 e. The number of methoxy groups -OCH3 is 1. The van der Waals surface area contributed by atoms with E-state index in [-0.39, 0.29) is 11.6 Å². The number of benzene rings is 2. The molecule has 0 bridgehead atoms. The molecule has 0 fully saturated rings. The van der Waals surface area contributed by atoms with Crippen molar-refractivity contribution in [1.29, 1.82) is 0 Å². The molecule has 2 rings (SSSR count). The molecule has 2 aromatic carbocycles. The van der Waals surface area contributed by atoms with Crippen LogP contribution in [0.1, 0.15) is 35.3 Å². The third kappa shape index (κ3) is 3.60. The Hall–Kier alpha value is -2.36. The van der Waals surface area contributed by atoms with Crippen LogP contribution in [-0.4, -0.2) is 13.0 Å². The molecule has 1 N–H and O–H groups in total. The average Bonchev–Trinajstić information content (AvgIpc) is 2.53. The van der Waals surface area contributed by atoms with E-state index < -0.39 is 11.7 Å². The minimum absolute atomic E-state index is 0.0597. The van der Waals surface area contributed by atoms with E-state index in [1.165, 1.54) is 12.1 Å². The monoisotopic (exact) mass is 287 g/mol. The normalized spacial score (nSPS) is 11.8. The second kappa shape index (κ2) is 6.88. The molecule has 21 heavy (non-hydrogen) atoms. The number of halogens is 1. The second-order valence-electron chi connectivity index (χ2n) is 4.69. The Bertz CT molecular complexity index is 610. The third-order valence-corrected chi connectivity index (χ3v) is 3.35. The van der Waals surface area contributed by atoms with Crippen molar-refractivity contribution in [2.75, 3.05) is 7.11 Å². The fourth-order valence-electron chi connectivity index (χ4n) is 2.14. The quantitative estimate of drug-likeness (QED) is 0.910. The highest BCUT2D eigenvalue weighted by atomic mass is 19.1. The van der Waals surface area contributed by atoms with E-state index >= 15 is 0 Å². The zero-order valence-corrected chi connectivity index (χ0v) is 12.1. The average molecular weight is 287 g/mol. The van der Waals surface area contributed by atoms with E-state index in [0.717, 1.165) is 11.3 Å². The molecule has 0 aliphatic rings. The summed E-state index contributed by atoms with van der Waals surface area (Å²) in [6.07, 6.45) is 0.715. The maximum absolute atomic E-state index is 13.6. The molecule has 1 amide bonds. The van der Waals surface area contributed by atoms with Gasteiger partial charge in [-0.2, -0.15) is 0 Å². The lowest BCUT2D eigenvalue weighted by Crippen LogP contribution is -2.28. The van der Waals surface area contributed by atoms with Crippen molar-refractivity contribution in [2.24, 2.45) is 0 Å². The van der Waals surface area contributed by atoms with E-state index in [9.17, 15) is 9.18 Å². The molecule has 4 heteroatoms. The number of ether oxygens (including phenoxy) is 1. The molecule has 2 aromatic rings. The van der Waals surface area contributed by atoms with Gasteiger partial charge >= 0.3 is 0 Å². The lowest BCUT2D eigenvalue weighted by atomic mass is 10.0. The van der Waals surface area contributed by atoms with Crippen molar-refractivity contribution in [3.05, 3.63) is 65.5 Å². The van der Waals surface area contributed by atoms with Gasteiger partial charge in [-0.15, -0.1) is 0 Å². The number of amides is 1. The lowest BCUT2D eigenvalue weighted by molar-refractivity contribution is 0.0931. The first kappa shape index (κ1) is 15.0. The van der Waals surface area contributed by atoms with E-state index in [4.69, 9.17) is 4.74 Å². The van der Waals surface area contributed by atoms with Crippen LogP contribution in [0.2, 0.25) is 0 Å². The van der Waals surface area contributed by atoms with E-state index in [1.54, 1.807) is 19.2 Å². The Morgan fingerprint density at radius 2 is 1.86 bits per heavy atom. The Labute approximate surface area is 123 Å². The lowest BCUT2D eigenvalue weighted by Gasteiger charge is -2.18. The van der Waals surface area contributed by atoms with Crippen molar-refractivity contribution >= 4 is 5.91 Å². The number of nitrogens with one attached hydrogen (secondary N) is 1. The van der Waals surface area contributed by atoms with Gasteiger partial charge in [0, 0.05) is 0 Å². The van der Waals surface area contributed by atoms with Crippen LogP contribution in [0.15, 0.2) is 48.5 Å². The van der Waals surface area contributed by atoms with Gasteiger partial charge in [-0.05, 0) is 36.2 Å². The fraction of sp³-hybridized carbons (Fsp3) is 0.235. The topological polar surface area (TPSA) is 38.3 Å². The Kier molecular flexibility index (Phi) is 4.93. The van der Waals surface area contributed by atoms with Crippen LogP contribution in [0.4, 0.5) is 4.39 Å². The highest BCUT2D eigenvalue weighted by Gasteiger charge is 2.16. The Morgan fingerprint density at radius 1 is 1.19 bits per heavy atom. The molecule has 1 atom stereocenters. The van der Waals surface area contributed by atoms with Gasteiger partial charge in [0.25, 0.3) is 5.91 Å². The molecule has 0 aliphatic carbocycles. The molecule has 0 spiro atoms. The minimum atomic E-state index is -0.514. The standard InChI is InChI=1S/C17H18FNO2/c1-3-16(12-8-10-13(21-2)11-9-12)19-17(20)14-6-4-5-7-15(14)18/h4-11,16H,3H2,1-2H3,(H,19,20)/t16-/m1/s1. The first-order valence-corrected chi connectivity index (χ1v) is 6.85. The largest absolute Gasteiger partial charge is 0.497 e. The second-order valence-corrected chi connectivity index (χ2v) is 4.69. The first-order valence-electron chi connectivity index (χ1n) is 6.85. The molecule has 0 aromatic heterocycles. The van der Waals surface area contributed by atoms with Crippen LogP contribution < -0.4 is 10.1 Å². The number of rotatable bonds is 5. The van der Waals surface area contributed by atoms with E-state index in [1.807, 2.05) is 31.2 Å². The first-order chi connectivity index (χ1) is 10.2. The van der Waals surface area contributed by atoms with E-state index in [0.29, 0.717) is 6.42 Å². The summed E-state index contributed by atoms with van der Waals surface area (Å²) in [6, 6.07) is 13.3. The summed E-state index contributed by atoms with van der Waals surface area (Å²) in [6.45, 7) is 1.97. The highest BCUT2D eigenvalue weighted by molar-refractivity contribution is 5.94. The zero-order chi connectivity index (χ0) is 15.2. The summed E-state index contributed by atoms with van der Waals surface area (Å²) in [5, 5.41) is 2.86. The molecular weight excluding hydrogens is 269 g/mol. The van der Waals surface area contributed by atoms with Crippen LogP contribution >= 0.6 is 0 Å². The molecule has 110 valence electrons. The summed E-state index contributed by atoms with van der Waals surface area (Å²) in [4.78, 5) is 12.2. The van der Waals surface area contributed by atoms with Crippen molar-refractivity contribution in [3.63, 3.8) is 0 Å². The van der Waals surface area contributed by atoms with Crippen LogP contribution in [0.25, 0.3) is 0 Å². The molecule has 0 saturated carbocycles. The molecule has 0 unspecified atom stereocenters. The fourth-order valence-corrected chi connectivity index (χ4v) is 2.14. The van der Waals surface area contributed by atoms with Crippen molar-refractivity contribution in [3.8, 4) is 5.75 Å². The number of hydrogen-bond acceptors (Lipinski definition) is 2. The molecular formula is C17H18FNO2. The Morgan fingerprint density at radius 3 is 2.43 bits per heavy atom. The molecule has 0 aliphatic heterocycles. The summed E-state index contributed by atoms with van der Waals surface area (Å²) >= 11 is 0. The van der Waals surface area contributed by atoms with Gasteiger partial charge in [0.2, 0.25) is 0 Å². The number of carbonyl (C=O) groups excluding carboxylic acids is 1. The van der Waals surface area contributed by atoms with Crippen molar-refractivity contribution in [2.45, 2.75) is 19.4 Å². The number of carbonyl (C=O) groups is 1. The van der Waals surface area contributed by atoms with Crippen molar-refractivity contribution in [1.82, 2.24) is 5.32 Å². The number of hydrogen-bond donors (Lipinski definition) is 1. The van der Waals surface area contributed by atoms with Gasteiger partial charge in [-0.25, -0.2) is 4.39 Å². The predicted octanol–water partition coefficient (Wildman–Crippen LogP) is 3.72. The SMILES string of the molecule is CC[C@@H](NC(=O)c1ccccc1F)c1ccc(OC)cc1. The molecule has 0 heterocycles. The zero-order valence-electron chi connectivity index (χ0n) is 12.1. The maximum atomic E-state index is 13.6. The van der Waals surface area contributed by atoms with Gasteiger partial charge in [0.1, 0.15) is 11.6 Å². The van der Waals surface area contributed by atoms with Crippen LogP contribution in [-0.2, 0) is 0 Å². The van der Waals surface area contributed by atoms with Gasteiger partial charge in [-0.1, -0.05) is 31.2 Å². The van der Waals surface area contributed by atoms with Crippen LogP contribution in [0.5, 0.6) is 5.75 Å². The molecule has 3 nitrogen and oxygen atoms in total. The van der Waals surface area contributed by atoms with Gasteiger partial charge in [-0.3, -0.25) is 4.79 Å². The molecule has 0 radical (unpaired) electrons. The summed E-state index contributed by atoms with van der Waals surface area (Å²) in [5.41, 5.74) is 1.02. The highest BCUT2D eigenvalue weighted by Crippen LogP contribution is 2.21. The van der Waals surface area contributed by atoms with Gasteiger partial charge in [0.05, 0.1) is 18.7 Å². The van der Waals surface area contributed by atoms with Crippen LogP contribution in [0.3, 0.4) is 0 Å². The minimum Gasteiger partial charge on any atom is -0.497 e. The van der Waals surface area contributed by atoms with Gasteiger partial charge < -0.3 is 10.1 Å². The Balaban J connectivity index is 2.15. The summed E-state index contributed by atoms with van der Waals surface area (Å²) in [7, 11) is 1.60. The van der Waals surface area contributed by atoms with Gasteiger partial charge in [0.15, 0.2) is 0 Å². The summed E-state index contributed by atoms with van der Waals surface area (Å²) < 4.78 is 18.7. The predicted molar refractivity (Wildman–Crippen MR) is 79.9 cm³/mol. The maximum Gasteiger partial charge on any atom is 0.254 e.